The minimum atomic E-state index is -3.32. The molecule has 0 radical (unpaired) electrons. The van der Waals surface area contributed by atoms with Gasteiger partial charge in [-0.05, 0) is 29.2 Å². The zero-order valence-corrected chi connectivity index (χ0v) is 11.0. The highest BCUT2D eigenvalue weighted by atomic mass is 32.2. The van der Waals surface area contributed by atoms with Crippen LogP contribution in [0.1, 0.15) is 30.0 Å². The minimum absolute atomic E-state index is 0.156. The van der Waals surface area contributed by atoms with Gasteiger partial charge in [0, 0.05) is 12.8 Å². The molecule has 0 fully saturated rings. The highest BCUT2D eigenvalue weighted by Gasteiger charge is 2.30. The van der Waals surface area contributed by atoms with Crippen LogP contribution in [0.4, 0.5) is 0 Å². The first-order valence-electron chi connectivity index (χ1n) is 5.61. The molecule has 18 heavy (non-hydrogen) atoms. The number of carboxylic acid groups (broad SMARTS) is 1. The highest BCUT2D eigenvalue weighted by Crippen LogP contribution is 2.31. The molecule has 1 aromatic carbocycles. The Morgan fingerprint density at radius 1 is 1.39 bits per heavy atom. The maximum atomic E-state index is 11.5. The number of hydrogen-bond acceptors (Lipinski definition) is 4. The molecule has 98 valence electrons. The summed E-state index contributed by atoms with van der Waals surface area (Å²) in [5.41, 5.74) is 1.44. The molecule has 0 aromatic heterocycles. The van der Waals surface area contributed by atoms with Crippen LogP contribution in [0.5, 0.6) is 0 Å². The fourth-order valence-corrected chi connectivity index (χ4v) is 2.87. The highest BCUT2D eigenvalue weighted by molar-refractivity contribution is 7.90. The Kier molecular flexibility index (Phi) is 3.16. The van der Waals surface area contributed by atoms with Crippen LogP contribution in [0, 0.1) is 0 Å². The second kappa shape index (κ2) is 4.37. The van der Waals surface area contributed by atoms with Gasteiger partial charge in [-0.3, -0.25) is 4.79 Å². The van der Waals surface area contributed by atoms with Gasteiger partial charge in [-0.25, -0.2) is 8.42 Å². The lowest BCUT2D eigenvalue weighted by atomic mass is 9.88. The summed E-state index contributed by atoms with van der Waals surface area (Å²) in [4.78, 5) is 11.3. The molecule has 0 spiro atoms. The summed E-state index contributed by atoms with van der Waals surface area (Å²) in [6.07, 6.45) is 1.12. The van der Waals surface area contributed by atoms with Crippen LogP contribution in [0.25, 0.3) is 0 Å². The molecule has 2 N–H and O–H groups in total. The summed E-state index contributed by atoms with van der Waals surface area (Å²) in [7, 11) is -3.32. The first-order chi connectivity index (χ1) is 8.30. The topological polar surface area (TPSA) is 83.5 Å². The van der Waals surface area contributed by atoms with Crippen molar-refractivity contribution in [3.63, 3.8) is 0 Å². The van der Waals surface area contributed by atoms with E-state index < -0.39 is 21.8 Å². The number of benzene rings is 1. The van der Waals surface area contributed by atoms with Crippen molar-refractivity contribution in [3.8, 4) is 0 Å². The predicted molar refractivity (Wildman–Crippen MR) is 66.3 cm³/mol. The molecule has 6 heteroatoms. The maximum absolute atomic E-state index is 11.5. The molecule has 0 saturated heterocycles. The van der Waals surface area contributed by atoms with Crippen molar-refractivity contribution in [2.75, 3.05) is 12.8 Å². The van der Waals surface area contributed by atoms with Gasteiger partial charge in [0.2, 0.25) is 0 Å². The van der Waals surface area contributed by atoms with E-state index in [1.165, 1.54) is 12.1 Å². The summed E-state index contributed by atoms with van der Waals surface area (Å²) < 4.78 is 23.0. The van der Waals surface area contributed by atoms with Crippen molar-refractivity contribution in [1.29, 1.82) is 0 Å². The van der Waals surface area contributed by atoms with Gasteiger partial charge in [-0.15, -0.1) is 0 Å². The van der Waals surface area contributed by atoms with E-state index in [-0.39, 0.29) is 10.8 Å². The Labute approximate surface area is 106 Å². The van der Waals surface area contributed by atoms with Gasteiger partial charge in [-0.1, -0.05) is 13.0 Å². The third-order valence-electron chi connectivity index (χ3n) is 3.20. The van der Waals surface area contributed by atoms with Crippen LogP contribution in [0.15, 0.2) is 23.1 Å². The third-order valence-corrected chi connectivity index (χ3v) is 4.31. The fraction of sp³-hybridized carbons (Fsp3) is 0.417. The van der Waals surface area contributed by atoms with Crippen LogP contribution in [0.3, 0.4) is 0 Å². The Morgan fingerprint density at radius 3 is 2.61 bits per heavy atom. The first-order valence-corrected chi connectivity index (χ1v) is 7.50. The van der Waals surface area contributed by atoms with Gasteiger partial charge in [-0.2, -0.15) is 0 Å². The maximum Gasteiger partial charge on any atom is 0.325 e. The van der Waals surface area contributed by atoms with Gasteiger partial charge >= 0.3 is 5.97 Å². The molecular formula is C12H15NO4S. The molecule has 5 nitrogen and oxygen atoms in total. The largest absolute Gasteiger partial charge is 0.480 e. The molecule has 0 amide bonds. The summed E-state index contributed by atoms with van der Waals surface area (Å²) in [5, 5.41) is 12.1. The van der Waals surface area contributed by atoms with Gasteiger partial charge in [0.25, 0.3) is 0 Å². The fourth-order valence-electron chi connectivity index (χ4n) is 2.22. The molecule has 2 atom stereocenters. The van der Waals surface area contributed by atoms with E-state index >= 15 is 0 Å². The van der Waals surface area contributed by atoms with Crippen molar-refractivity contribution < 1.29 is 18.3 Å². The summed E-state index contributed by atoms with van der Waals surface area (Å²) in [6, 6.07) is 3.88. The molecular weight excluding hydrogens is 254 g/mol. The van der Waals surface area contributed by atoms with Crippen LogP contribution in [-0.4, -0.2) is 32.3 Å². The lowest BCUT2D eigenvalue weighted by molar-refractivity contribution is -0.139. The Hall–Kier alpha value is -1.40. The molecule has 1 aromatic rings. The smallest absolute Gasteiger partial charge is 0.325 e. The summed E-state index contributed by atoms with van der Waals surface area (Å²) in [5.74, 6) is -0.821. The van der Waals surface area contributed by atoms with Crippen LogP contribution in [-0.2, 0) is 14.6 Å². The number of fused-ring (bicyclic) bond motifs is 1. The minimum Gasteiger partial charge on any atom is -0.480 e. The number of aliphatic carboxylic acids is 1. The number of rotatable bonds is 2. The van der Waals surface area contributed by atoms with Crippen molar-refractivity contribution >= 4 is 15.8 Å². The molecule has 0 aliphatic carbocycles. The Balaban J connectivity index is 2.60. The van der Waals surface area contributed by atoms with E-state index in [0.717, 1.165) is 11.8 Å². The summed E-state index contributed by atoms with van der Waals surface area (Å²) in [6.45, 7) is 2.55. The predicted octanol–water partition coefficient (Wildman–Crippen LogP) is 0.923. The van der Waals surface area contributed by atoms with E-state index in [0.29, 0.717) is 12.1 Å². The molecule has 2 rings (SSSR count). The van der Waals surface area contributed by atoms with E-state index in [1.54, 1.807) is 6.07 Å². The quantitative estimate of drug-likeness (QED) is 0.834. The Morgan fingerprint density at radius 2 is 2.06 bits per heavy atom. The van der Waals surface area contributed by atoms with Crippen LogP contribution >= 0.6 is 0 Å². The second-order valence-electron chi connectivity index (χ2n) is 4.64. The summed E-state index contributed by atoms with van der Waals surface area (Å²) >= 11 is 0. The van der Waals surface area contributed by atoms with Gasteiger partial charge in [0.15, 0.2) is 9.84 Å². The van der Waals surface area contributed by atoms with Gasteiger partial charge < -0.3 is 10.4 Å². The van der Waals surface area contributed by atoms with E-state index in [1.807, 2.05) is 6.92 Å². The zero-order chi connectivity index (χ0) is 13.5. The van der Waals surface area contributed by atoms with Crippen molar-refractivity contribution in [1.82, 2.24) is 5.32 Å². The third kappa shape index (κ3) is 2.26. The standard InChI is InChI=1S/C12H15NO4S/c1-7-6-13-11(12(14)15)10-5-8(18(2,16)17)3-4-9(7)10/h3-5,7,11,13H,6H2,1-2H3,(H,14,15). The molecule has 1 aliphatic heterocycles. The lowest BCUT2D eigenvalue weighted by Gasteiger charge is -2.28. The molecule has 0 bridgehead atoms. The van der Waals surface area contributed by atoms with Crippen LogP contribution < -0.4 is 5.32 Å². The van der Waals surface area contributed by atoms with Crippen molar-refractivity contribution in [2.45, 2.75) is 23.8 Å². The van der Waals surface area contributed by atoms with Crippen molar-refractivity contribution in [2.24, 2.45) is 0 Å². The molecule has 1 aliphatic rings. The van der Waals surface area contributed by atoms with Gasteiger partial charge in [0.1, 0.15) is 6.04 Å². The van der Waals surface area contributed by atoms with E-state index in [2.05, 4.69) is 5.32 Å². The van der Waals surface area contributed by atoms with Crippen molar-refractivity contribution in [3.05, 3.63) is 29.3 Å². The van der Waals surface area contributed by atoms with Crippen LogP contribution in [0.2, 0.25) is 0 Å². The number of hydrogen-bond donors (Lipinski definition) is 2. The SMILES string of the molecule is CC1CNC(C(=O)O)c2cc(S(C)(=O)=O)ccc21. The van der Waals surface area contributed by atoms with E-state index in [9.17, 15) is 13.2 Å². The number of carboxylic acids is 1. The first kappa shape index (κ1) is 13.0. The Bertz CT molecular complexity index is 594. The molecule has 2 unspecified atom stereocenters. The molecule has 1 heterocycles. The monoisotopic (exact) mass is 269 g/mol. The number of nitrogens with one attached hydrogen (secondary N) is 1. The second-order valence-corrected chi connectivity index (χ2v) is 6.66. The van der Waals surface area contributed by atoms with Gasteiger partial charge in [0.05, 0.1) is 4.90 Å². The number of sulfone groups is 1. The average Bonchev–Trinajstić information content (AvgIpc) is 2.27. The van der Waals surface area contributed by atoms with E-state index in [4.69, 9.17) is 5.11 Å². The molecule has 0 saturated carbocycles. The average molecular weight is 269 g/mol. The number of carbonyl (C=O) groups is 1. The lowest BCUT2D eigenvalue weighted by Crippen LogP contribution is -2.36. The zero-order valence-electron chi connectivity index (χ0n) is 10.2. The normalized spacial score (nSPS) is 23.4.